The molecule has 0 aliphatic heterocycles. The van der Waals surface area contributed by atoms with E-state index in [1.807, 2.05) is 12.1 Å². The molecule has 0 unspecified atom stereocenters. The summed E-state index contributed by atoms with van der Waals surface area (Å²) in [6.07, 6.45) is 0. The Balaban J connectivity index is 1.01. The first kappa shape index (κ1) is 31.2. The summed E-state index contributed by atoms with van der Waals surface area (Å²) in [6, 6.07) is 70.9. The number of anilines is 3. The molecule has 0 saturated heterocycles. The minimum atomic E-state index is 0.895. The van der Waals surface area contributed by atoms with Crippen LogP contribution >= 0.6 is 0 Å². The van der Waals surface area contributed by atoms with Crippen molar-refractivity contribution in [2.45, 2.75) is 0 Å². The van der Waals surface area contributed by atoms with E-state index in [4.69, 9.17) is 8.83 Å². The van der Waals surface area contributed by atoms with Crippen molar-refractivity contribution in [3.05, 3.63) is 200 Å². The molecule has 0 spiro atoms. The molecule has 3 heteroatoms. The number of benzene rings is 9. The molecule has 258 valence electrons. The van der Waals surface area contributed by atoms with Gasteiger partial charge in [0.25, 0.3) is 0 Å². The summed E-state index contributed by atoms with van der Waals surface area (Å²) in [7, 11) is 0. The summed E-state index contributed by atoms with van der Waals surface area (Å²) in [5, 5.41) is 6.84. The zero-order valence-corrected chi connectivity index (χ0v) is 29.8. The molecule has 0 fully saturated rings. The lowest BCUT2D eigenvalue weighted by atomic mass is 9.98. The van der Waals surface area contributed by atoms with Crippen LogP contribution in [0.1, 0.15) is 0 Å². The van der Waals surface area contributed by atoms with Gasteiger partial charge in [0.05, 0.1) is 0 Å². The van der Waals surface area contributed by atoms with E-state index in [1.54, 1.807) is 0 Å². The molecule has 2 aromatic heterocycles. The lowest BCUT2D eigenvalue weighted by Crippen LogP contribution is -2.09. The molecule has 11 rings (SSSR count). The highest BCUT2D eigenvalue weighted by molar-refractivity contribution is 6.19. The number of hydrogen-bond donors (Lipinski definition) is 0. The van der Waals surface area contributed by atoms with Crippen LogP contribution in [-0.2, 0) is 0 Å². The molecule has 0 aliphatic carbocycles. The number of fused-ring (bicyclic) bond motifs is 8. The van der Waals surface area contributed by atoms with Crippen molar-refractivity contribution in [2.24, 2.45) is 0 Å². The van der Waals surface area contributed by atoms with Crippen LogP contribution in [0.2, 0.25) is 0 Å². The van der Waals surface area contributed by atoms with Crippen LogP contribution in [0, 0.1) is 0 Å². The molecule has 11 aromatic rings. The largest absolute Gasteiger partial charge is 0.455 e. The van der Waals surface area contributed by atoms with Crippen LogP contribution in [0.15, 0.2) is 209 Å². The van der Waals surface area contributed by atoms with Crippen LogP contribution in [0.4, 0.5) is 17.1 Å². The summed E-state index contributed by atoms with van der Waals surface area (Å²) in [6.45, 7) is 0. The van der Waals surface area contributed by atoms with Gasteiger partial charge in [0.2, 0.25) is 0 Å². The normalized spacial score (nSPS) is 11.6. The molecule has 0 N–H and O–H groups in total. The highest BCUT2D eigenvalue weighted by Gasteiger charge is 2.18. The molecule has 0 atom stereocenters. The quantitative estimate of drug-likeness (QED) is 0.173. The lowest BCUT2D eigenvalue weighted by Gasteiger charge is -2.26. The third kappa shape index (κ3) is 5.20. The van der Waals surface area contributed by atoms with Gasteiger partial charge in [-0.3, -0.25) is 0 Å². The third-order valence-electron chi connectivity index (χ3n) is 10.9. The van der Waals surface area contributed by atoms with Gasteiger partial charge in [-0.15, -0.1) is 0 Å². The fourth-order valence-corrected chi connectivity index (χ4v) is 8.23. The van der Waals surface area contributed by atoms with E-state index in [2.05, 4.69) is 193 Å². The SMILES string of the molecule is c1ccc(-c2ccc(N(c3ccc(-c4cccc5c4oc4ccccc45)cc3)c3ccc(-c4cccc5oc6c7ccccc7ccc6c45)cc3)cc2)cc1. The standard InChI is InChI=1S/C52H33NO2/c1-2-10-34(11-3-1)35-20-27-39(28-21-35)53(41-31-24-38(25-32-41)44-16-8-17-46-45-14-6-7-18-48(45)54-51(44)46)40-29-22-37(23-30-40)42-15-9-19-49-50(42)47-33-26-36-12-4-5-13-43(36)52(47)55-49/h1-33H. The fourth-order valence-electron chi connectivity index (χ4n) is 8.23. The van der Waals surface area contributed by atoms with E-state index in [0.29, 0.717) is 0 Å². The van der Waals surface area contributed by atoms with E-state index < -0.39 is 0 Å². The second-order valence-electron chi connectivity index (χ2n) is 14.1. The van der Waals surface area contributed by atoms with Gasteiger partial charge in [-0.25, -0.2) is 0 Å². The molecule has 0 radical (unpaired) electrons. The second-order valence-corrected chi connectivity index (χ2v) is 14.1. The summed E-state index contributed by atoms with van der Waals surface area (Å²) in [4.78, 5) is 2.32. The molecule has 2 heterocycles. The van der Waals surface area contributed by atoms with Gasteiger partial charge in [-0.2, -0.15) is 0 Å². The zero-order chi connectivity index (χ0) is 36.3. The number of furan rings is 2. The van der Waals surface area contributed by atoms with Gasteiger partial charge >= 0.3 is 0 Å². The average molecular weight is 704 g/mol. The van der Waals surface area contributed by atoms with Gasteiger partial charge in [0.1, 0.15) is 22.3 Å². The highest BCUT2D eigenvalue weighted by atomic mass is 16.3. The minimum absolute atomic E-state index is 0.895. The molecule has 0 aliphatic rings. The summed E-state index contributed by atoms with van der Waals surface area (Å²) < 4.78 is 12.9. The van der Waals surface area contributed by atoms with Gasteiger partial charge in [-0.05, 0) is 87.8 Å². The molecule has 9 aromatic carbocycles. The first-order chi connectivity index (χ1) is 27.3. The van der Waals surface area contributed by atoms with E-state index in [9.17, 15) is 0 Å². The number of nitrogens with zero attached hydrogens (tertiary/aromatic N) is 1. The van der Waals surface area contributed by atoms with E-state index in [0.717, 1.165) is 88.6 Å². The Labute approximate surface area is 317 Å². The molecule has 0 bridgehead atoms. The van der Waals surface area contributed by atoms with Gasteiger partial charge in [0, 0.05) is 49.6 Å². The van der Waals surface area contributed by atoms with Crippen LogP contribution in [-0.4, -0.2) is 0 Å². The third-order valence-corrected chi connectivity index (χ3v) is 10.9. The maximum Gasteiger partial charge on any atom is 0.143 e. The van der Waals surface area contributed by atoms with Gasteiger partial charge in [-0.1, -0.05) is 146 Å². The highest BCUT2D eigenvalue weighted by Crippen LogP contribution is 2.42. The molecule has 55 heavy (non-hydrogen) atoms. The Morgan fingerprint density at radius 1 is 0.291 bits per heavy atom. The van der Waals surface area contributed by atoms with E-state index in [1.165, 1.54) is 16.5 Å². The van der Waals surface area contributed by atoms with Crippen LogP contribution in [0.5, 0.6) is 0 Å². The van der Waals surface area contributed by atoms with Crippen molar-refractivity contribution in [1.29, 1.82) is 0 Å². The van der Waals surface area contributed by atoms with Gasteiger partial charge in [0.15, 0.2) is 0 Å². The Morgan fingerprint density at radius 2 is 0.818 bits per heavy atom. The predicted octanol–water partition coefficient (Wildman–Crippen LogP) is 15.1. The number of rotatable bonds is 6. The van der Waals surface area contributed by atoms with Crippen molar-refractivity contribution >= 4 is 71.7 Å². The van der Waals surface area contributed by atoms with Crippen molar-refractivity contribution in [3.8, 4) is 33.4 Å². The van der Waals surface area contributed by atoms with Crippen LogP contribution in [0.3, 0.4) is 0 Å². The molecular weight excluding hydrogens is 671 g/mol. The Morgan fingerprint density at radius 3 is 1.56 bits per heavy atom. The monoisotopic (exact) mass is 703 g/mol. The fraction of sp³-hybridized carbons (Fsp3) is 0. The molecule has 3 nitrogen and oxygen atoms in total. The Hall–Kier alpha value is -7.36. The van der Waals surface area contributed by atoms with Crippen molar-refractivity contribution in [3.63, 3.8) is 0 Å². The predicted molar refractivity (Wildman–Crippen MR) is 229 cm³/mol. The minimum Gasteiger partial charge on any atom is -0.455 e. The van der Waals surface area contributed by atoms with Crippen LogP contribution in [0.25, 0.3) is 88.0 Å². The van der Waals surface area contributed by atoms with Gasteiger partial charge < -0.3 is 13.7 Å². The molecule has 0 amide bonds. The topological polar surface area (TPSA) is 29.5 Å². The summed E-state index contributed by atoms with van der Waals surface area (Å²) in [5.74, 6) is 0. The van der Waals surface area contributed by atoms with Crippen molar-refractivity contribution in [2.75, 3.05) is 4.90 Å². The maximum absolute atomic E-state index is 6.51. The van der Waals surface area contributed by atoms with Crippen LogP contribution < -0.4 is 4.90 Å². The van der Waals surface area contributed by atoms with E-state index in [-0.39, 0.29) is 0 Å². The number of para-hydroxylation sites is 2. The first-order valence-electron chi connectivity index (χ1n) is 18.7. The summed E-state index contributed by atoms with van der Waals surface area (Å²) >= 11 is 0. The lowest BCUT2D eigenvalue weighted by molar-refractivity contribution is 0.670. The summed E-state index contributed by atoms with van der Waals surface area (Å²) in [5.41, 5.74) is 13.7. The van der Waals surface area contributed by atoms with Crippen molar-refractivity contribution in [1.82, 2.24) is 0 Å². The molecule has 0 saturated carbocycles. The van der Waals surface area contributed by atoms with Crippen molar-refractivity contribution < 1.29 is 8.83 Å². The zero-order valence-electron chi connectivity index (χ0n) is 29.8. The average Bonchev–Trinajstić information content (AvgIpc) is 3.84. The Kier molecular flexibility index (Phi) is 7.17. The molecular formula is C52H33NO2. The van der Waals surface area contributed by atoms with E-state index >= 15 is 0 Å². The number of hydrogen-bond acceptors (Lipinski definition) is 3. The Bertz CT molecular complexity index is 3170. The smallest absolute Gasteiger partial charge is 0.143 e. The first-order valence-corrected chi connectivity index (χ1v) is 18.7. The second kappa shape index (κ2) is 12.6. The maximum atomic E-state index is 6.51.